The summed E-state index contributed by atoms with van der Waals surface area (Å²) in [6, 6.07) is 0. The smallest absolute Gasteiger partial charge is 0.191 e. The third kappa shape index (κ3) is 3.39. The first kappa shape index (κ1) is 14.8. The molecule has 4 nitrogen and oxygen atoms in total. The van der Waals surface area contributed by atoms with Gasteiger partial charge in [-0.1, -0.05) is 13.3 Å². The van der Waals surface area contributed by atoms with Crippen molar-refractivity contribution in [1.29, 1.82) is 0 Å². The van der Waals surface area contributed by atoms with Crippen LogP contribution in [0.4, 0.5) is 0 Å². The van der Waals surface area contributed by atoms with Gasteiger partial charge in [0.05, 0.1) is 6.54 Å². The zero-order chi connectivity index (χ0) is 14.7. The molecule has 2 aliphatic rings. The van der Waals surface area contributed by atoms with Gasteiger partial charge < -0.3 is 10.6 Å². The van der Waals surface area contributed by atoms with Gasteiger partial charge >= 0.3 is 0 Å². The van der Waals surface area contributed by atoms with E-state index in [-0.39, 0.29) is 0 Å². The average Bonchev–Trinajstić information content (AvgIpc) is 3.20. The van der Waals surface area contributed by atoms with Crippen LogP contribution in [0.25, 0.3) is 0 Å². The van der Waals surface area contributed by atoms with E-state index in [4.69, 9.17) is 0 Å². The van der Waals surface area contributed by atoms with E-state index in [1.165, 1.54) is 37.0 Å². The van der Waals surface area contributed by atoms with Gasteiger partial charge in [-0.15, -0.1) is 11.3 Å². The monoisotopic (exact) mass is 306 g/mol. The molecule has 2 fully saturated rings. The first-order valence-corrected chi connectivity index (χ1v) is 8.95. The highest BCUT2D eigenvalue weighted by molar-refractivity contribution is 7.11. The van der Waals surface area contributed by atoms with Crippen LogP contribution in [0.3, 0.4) is 0 Å². The lowest BCUT2D eigenvalue weighted by atomic mass is 9.65. The number of aryl methyl sites for hydroxylation is 1. The molecule has 0 unspecified atom stereocenters. The van der Waals surface area contributed by atoms with Crippen LogP contribution in [0, 0.1) is 11.3 Å². The molecule has 116 valence electrons. The lowest BCUT2D eigenvalue weighted by Crippen LogP contribution is -2.47. The molecule has 21 heavy (non-hydrogen) atoms. The van der Waals surface area contributed by atoms with E-state index in [2.05, 4.69) is 27.5 Å². The molecule has 0 radical (unpaired) electrons. The number of aromatic nitrogens is 1. The van der Waals surface area contributed by atoms with Crippen molar-refractivity contribution in [1.82, 2.24) is 15.6 Å². The summed E-state index contributed by atoms with van der Waals surface area (Å²) in [5.74, 6) is 1.89. The number of hydrogen-bond donors (Lipinski definition) is 2. The van der Waals surface area contributed by atoms with Gasteiger partial charge in [0.2, 0.25) is 0 Å². The van der Waals surface area contributed by atoms with Crippen LogP contribution in [0.15, 0.2) is 11.2 Å². The highest BCUT2D eigenvalue weighted by Gasteiger charge is 2.48. The molecule has 2 aliphatic carbocycles. The van der Waals surface area contributed by atoms with Gasteiger partial charge in [-0.05, 0) is 43.4 Å². The van der Waals surface area contributed by atoms with Gasteiger partial charge in [0, 0.05) is 24.7 Å². The quantitative estimate of drug-likeness (QED) is 0.627. The summed E-state index contributed by atoms with van der Waals surface area (Å²) >= 11 is 1.78. The second-order valence-corrected chi connectivity index (χ2v) is 7.54. The van der Waals surface area contributed by atoms with Crippen molar-refractivity contribution < 1.29 is 0 Å². The fraction of sp³-hybridized carbons (Fsp3) is 0.750. The van der Waals surface area contributed by atoms with Crippen LogP contribution in [-0.4, -0.2) is 24.5 Å². The maximum atomic E-state index is 4.44. The number of thiazole rings is 1. The second-order valence-electron chi connectivity index (χ2n) is 6.34. The van der Waals surface area contributed by atoms with Crippen LogP contribution >= 0.6 is 11.3 Å². The molecule has 0 atom stereocenters. The molecular weight excluding hydrogens is 280 g/mol. The minimum Gasteiger partial charge on any atom is -0.356 e. The number of guanidine groups is 1. The highest BCUT2D eigenvalue weighted by Crippen LogP contribution is 2.56. The lowest BCUT2D eigenvalue weighted by molar-refractivity contribution is 0.106. The average molecular weight is 306 g/mol. The number of nitrogens with zero attached hydrogens (tertiary/aromatic N) is 2. The Kier molecular flexibility index (Phi) is 4.48. The summed E-state index contributed by atoms with van der Waals surface area (Å²) in [7, 11) is 1.85. The molecule has 0 aromatic carbocycles. The second kappa shape index (κ2) is 6.34. The van der Waals surface area contributed by atoms with Gasteiger partial charge in [-0.3, -0.25) is 4.99 Å². The molecule has 1 heterocycles. The summed E-state index contributed by atoms with van der Waals surface area (Å²) in [5, 5.41) is 8.06. The number of hydrogen-bond acceptors (Lipinski definition) is 3. The Hall–Kier alpha value is -1.10. The molecule has 1 aromatic rings. The summed E-state index contributed by atoms with van der Waals surface area (Å²) < 4.78 is 0. The maximum absolute atomic E-state index is 4.44. The van der Waals surface area contributed by atoms with E-state index in [1.54, 1.807) is 11.3 Å². The van der Waals surface area contributed by atoms with E-state index in [0.717, 1.165) is 36.4 Å². The van der Waals surface area contributed by atoms with Crippen LogP contribution in [0.1, 0.15) is 48.9 Å². The van der Waals surface area contributed by atoms with E-state index in [1.807, 2.05) is 13.2 Å². The number of aliphatic imine (C=N–C) groups is 1. The van der Waals surface area contributed by atoms with Crippen molar-refractivity contribution in [2.75, 3.05) is 13.6 Å². The lowest BCUT2D eigenvalue weighted by Gasteiger charge is -2.43. The SMILES string of the molecule is CCc1cnc(CNC(=NC)NCC2(C3CC3)CCC2)s1. The fourth-order valence-corrected chi connectivity index (χ4v) is 4.09. The van der Waals surface area contributed by atoms with Gasteiger partial charge in [0.15, 0.2) is 5.96 Å². The largest absolute Gasteiger partial charge is 0.356 e. The molecule has 0 aliphatic heterocycles. The number of nitrogens with one attached hydrogen (secondary N) is 2. The van der Waals surface area contributed by atoms with E-state index in [9.17, 15) is 0 Å². The summed E-state index contributed by atoms with van der Waals surface area (Å²) in [6.45, 7) is 4.01. The Morgan fingerprint density at radius 3 is 2.76 bits per heavy atom. The predicted octanol–water partition coefficient (Wildman–Crippen LogP) is 2.95. The van der Waals surface area contributed by atoms with Gasteiger partial charge in [0.25, 0.3) is 0 Å². The van der Waals surface area contributed by atoms with Crippen molar-refractivity contribution >= 4 is 17.3 Å². The third-order valence-corrected chi connectivity index (χ3v) is 6.12. The standard InChI is InChI=1S/C16H26N4S/c1-3-13-9-18-14(21-13)10-19-15(17-2)20-11-16(7-4-8-16)12-5-6-12/h9,12H,3-8,10-11H2,1-2H3,(H2,17,19,20). The Labute approximate surface area is 131 Å². The molecule has 3 rings (SSSR count). The van der Waals surface area contributed by atoms with Crippen molar-refractivity contribution in [3.63, 3.8) is 0 Å². The maximum Gasteiger partial charge on any atom is 0.191 e. The minimum absolute atomic E-state index is 0.578. The molecular formula is C16H26N4S. The Morgan fingerprint density at radius 1 is 1.43 bits per heavy atom. The van der Waals surface area contributed by atoms with Gasteiger partial charge in [0.1, 0.15) is 5.01 Å². The van der Waals surface area contributed by atoms with Gasteiger partial charge in [-0.25, -0.2) is 4.98 Å². The molecule has 5 heteroatoms. The fourth-order valence-electron chi connectivity index (χ4n) is 3.29. The molecule has 2 saturated carbocycles. The molecule has 2 N–H and O–H groups in total. The van der Waals surface area contributed by atoms with Crippen molar-refractivity contribution in [2.45, 2.75) is 52.0 Å². The summed E-state index contributed by atoms with van der Waals surface area (Å²) in [4.78, 5) is 10.1. The molecule has 1 aromatic heterocycles. The van der Waals surface area contributed by atoms with Crippen LogP contribution in [0.2, 0.25) is 0 Å². The highest BCUT2D eigenvalue weighted by atomic mass is 32.1. The molecule has 0 spiro atoms. The van der Waals surface area contributed by atoms with Crippen molar-refractivity contribution in [2.24, 2.45) is 16.3 Å². The number of rotatable bonds is 6. The van der Waals surface area contributed by atoms with Crippen molar-refractivity contribution in [3.05, 3.63) is 16.1 Å². The molecule has 0 saturated heterocycles. The Bertz CT molecular complexity index is 500. The zero-order valence-electron chi connectivity index (χ0n) is 13.1. The van der Waals surface area contributed by atoms with Gasteiger partial charge in [-0.2, -0.15) is 0 Å². The Balaban J connectivity index is 1.47. The van der Waals surface area contributed by atoms with E-state index in [0.29, 0.717) is 5.41 Å². The summed E-state index contributed by atoms with van der Waals surface area (Å²) in [5.41, 5.74) is 0.578. The van der Waals surface area contributed by atoms with Crippen LogP contribution in [0.5, 0.6) is 0 Å². The normalized spacial score (nSPS) is 21.0. The minimum atomic E-state index is 0.578. The van der Waals surface area contributed by atoms with Crippen LogP contribution < -0.4 is 10.6 Å². The molecule has 0 amide bonds. The molecule has 0 bridgehead atoms. The van der Waals surface area contributed by atoms with Crippen molar-refractivity contribution in [3.8, 4) is 0 Å². The zero-order valence-corrected chi connectivity index (χ0v) is 13.9. The van der Waals surface area contributed by atoms with E-state index >= 15 is 0 Å². The first-order chi connectivity index (χ1) is 10.3. The third-order valence-electron chi connectivity index (χ3n) is 4.98. The Morgan fingerprint density at radius 2 is 2.24 bits per heavy atom. The predicted molar refractivity (Wildman–Crippen MR) is 88.7 cm³/mol. The first-order valence-electron chi connectivity index (χ1n) is 8.14. The topological polar surface area (TPSA) is 49.3 Å². The van der Waals surface area contributed by atoms with E-state index < -0.39 is 0 Å². The van der Waals surface area contributed by atoms with Crippen LogP contribution in [-0.2, 0) is 13.0 Å². The summed E-state index contributed by atoms with van der Waals surface area (Å²) in [6.07, 6.45) is 10.1.